The first-order valence-electron chi connectivity index (χ1n) is 6.04. The van der Waals surface area contributed by atoms with Gasteiger partial charge in [0.25, 0.3) is 0 Å². The zero-order valence-corrected chi connectivity index (χ0v) is 9.75. The van der Waals surface area contributed by atoms with E-state index in [2.05, 4.69) is 11.8 Å². The highest BCUT2D eigenvalue weighted by molar-refractivity contribution is 5.68. The molecule has 0 aromatic heterocycles. The minimum atomic E-state index is -0.311. The summed E-state index contributed by atoms with van der Waals surface area (Å²) in [5.41, 5.74) is 6.95. The number of rotatable bonds is 3. The van der Waals surface area contributed by atoms with E-state index in [1.807, 2.05) is 6.07 Å². The molecule has 2 rings (SSSR count). The second-order valence-corrected chi connectivity index (χ2v) is 4.40. The number of hydrogen-bond acceptors (Lipinski definition) is 2. The highest BCUT2D eigenvalue weighted by Gasteiger charge is 2.23. The van der Waals surface area contributed by atoms with Crippen molar-refractivity contribution in [1.29, 1.82) is 0 Å². The molecule has 0 unspecified atom stereocenters. The molecule has 0 amide bonds. The molecule has 0 bridgehead atoms. The number of nitrogens with zero attached hydrogens (tertiary/aromatic N) is 1. The van der Waals surface area contributed by atoms with E-state index < -0.39 is 0 Å². The van der Waals surface area contributed by atoms with E-state index in [-0.39, 0.29) is 11.5 Å². The number of anilines is 2. The molecule has 88 valence electrons. The molecule has 16 heavy (non-hydrogen) atoms. The summed E-state index contributed by atoms with van der Waals surface area (Å²) in [4.78, 5) is 2.24. The molecule has 0 spiro atoms. The van der Waals surface area contributed by atoms with Crippen molar-refractivity contribution in [3.63, 3.8) is 0 Å². The van der Waals surface area contributed by atoms with Gasteiger partial charge in [0.1, 0.15) is 5.82 Å². The van der Waals surface area contributed by atoms with Crippen LogP contribution in [0.1, 0.15) is 32.6 Å². The van der Waals surface area contributed by atoms with Crippen LogP contribution in [0.3, 0.4) is 0 Å². The van der Waals surface area contributed by atoms with Crippen molar-refractivity contribution in [2.45, 2.75) is 38.6 Å². The van der Waals surface area contributed by atoms with Crippen LogP contribution in [0, 0.1) is 5.82 Å². The number of nitrogens with two attached hydrogens (primary N) is 1. The van der Waals surface area contributed by atoms with Gasteiger partial charge in [-0.25, -0.2) is 4.39 Å². The second kappa shape index (κ2) is 4.73. The Balaban J connectivity index is 2.28. The number of nitrogen functional groups attached to an aromatic ring is 1. The molecule has 2 nitrogen and oxygen atoms in total. The lowest BCUT2D eigenvalue weighted by atomic mass is 10.1. The van der Waals surface area contributed by atoms with Gasteiger partial charge in [0, 0.05) is 12.6 Å². The first kappa shape index (κ1) is 11.2. The number of hydrogen-bond donors (Lipinski definition) is 1. The molecule has 0 aliphatic heterocycles. The molecule has 1 aliphatic rings. The van der Waals surface area contributed by atoms with Crippen molar-refractivity contribution in [3.05, 3.63) is 24.0 Å². The zero-order chi connectivity index (χ0) is 11.5. The Kier molecular flexibility index (Phi) is 3.32. The lowest BCUT2D eigenvalue weighted by molar-refractivity contribution is 0.610. The molecular weight excluding hydrogens is 203 g/mol. The lowest BCUT2D eigenvalue weighted by Gasteiger charge is -2.31. The maximum atomic E-state index is 13.4. The molecule has 0 heterocycles. The van der Waals surface area contributed by atoms with Crippen molar-refractivity contribution in [2.75, 3.05) is 17.2 Å². The van der Waals surface area contributed by atoms with Gasteiger partial charge in [-0.1, -0.05) is 18.9 Å². The van der Waals surface area contributed by atoms with Gasteiger partial charge in [-0.3, -0.25) is 0 Å². The first-order valence-corrected chi connectivity index (χ1v) is 6.04. The molecule has 0 atom stereocenters. The third kappa shape index (κ3) is 1.99. The molecule has 1 aliphatic carbocycles. The molecule has 0 saturated heterocycles. The largest absolute Gasteiger partial charge is 0.395 e. The fourth-order valence-corrected chi connectivity index (χ4v) is 2.62. The van der Waals surface area contributed by atoms with Crippen LogP contribution in [0.5, 0.6) is 0 Å². The van der Waals surface area contributed by atoms with Crippen LogP contribution in [0.2, 0.25) is 0 Å². The summed E-state index contributed by atoms with van der Waals surface area (Å²) in [6.07, 6.45) is 4.94. The van der Waals surface area contributed by atoms with Crippen LogP contribution in [0.15, 0.2) is 18.2 Å². The Bertz CT molecular complexity index is 359. The van der Waals surface area contributed by atoms with Gasteiger partial charge in [-0.05, 0) is 31.9 Å². The Morgan fingerprint density at radius 2 is 2.06 bits per heavy atom. The van der Waals surface area contributed by atoms with E-state index >= 15 is 0 Å². The molecule has 1 saturated carbocycles. The maximum Gasteiger partial charge on any atom is 0.148 e. The molecule has 0 radical (unpaired) electrons. The maximum absolute atomic E-state index is 13.4. The van der Waals surface area contributed by atoms with E-state index in [1.165, 1.54) is 31.7 Å². The first-order chi connectivity index (χ1) is 7.74. The Morgan fingerprint density at radius 3 is 2.69 bits per heavy atom. The van der Waals surface area contributed by atoms with Gasteiger partial charge in [-0.2, -0.15) is 0 Å². The number of para-hydroxylation sites is 1. The summed E-state index contributed by atoms with van der Waals surface area (Å²) in [6.45, 7) is 2.99. The molecule has 2 N–H and O–H groups in total. The quantitative estimate of drug-likeness (QED) is 0.796. The van der Waals surface area contributed by atoms with Crippen molar-refractivity contribution >= 4 is 11.4 Å². The van der Waals surface area contributed by atoms with Crippen molar-refractivity contribution < 1.29 is 4.39 Å². The van der Waals surface area contributed by atoms with Crippen LogP contribution in [0.25, 0.3) is 0 Å². The van der Waals surface area contributed by atoms with E-state index in [0.29, 0.717) is 6.04 Å². The topological polar surface area (TPSA) is 29.3 Å². The van der Waals surface area contributed by atoms with Gasteiger partial charge in [0.15, 0.2) is 0 Å². The molecule has 1 aromatic carbocycles. The fourth-order valence-electron chi connectivity index (χ4n) is 2.62. The predicted molar refractivity (Wildman–Crippen MR) is 66.1 cm³/mol. The molecule has 3 heteroatoms. The van der Waals surface area contributed by atoms with Crippen molar-refractivity contribution in [2.24, 2.45) is 0 Å². The Morgan fingerprint density at radius 1 is 1.38 bits per heavy atom. The Hall–Kier alpha value is -1.25. The van der Waals surface area contributed by atoms with Gasteiger partial charge >= 0.3 is 0 Å². The third-order valence-electron chi connectivity index (χ3n) is 3.45. The highest BCUT2D eigenvalue weighted by Crippen LogP contribution is 2.32. The normalized spacial score (nSPS) is 16.6. The highest BCUT2D eigenvalue weighted by atomic mass is 19.1. The average molecular weight is 222 g/mol. The number of benzene rings is 1. The summed E-state index contributed by atoms with van der Waals surface area (Å²) in [6, 6.07) is 5.61. The zero-order valence-electron chi connectivity index (χ0n) is 9.75. The summed E-state index contributed by atoms with van der Waals surface area (Å²) < 4.78 is 13.4. The summed E-state index contributed by atoms with van der Waals surface area (Å²) in [7, 11) is 0. The van der Waals surface area contributed by atoms with Gasteiger partial charge < -0.3 is 10.6 Å². The van der Waals surface area contributed by atoms with E-state index in [0.717, 1.165) is 12.2 Å². The van der Waals surface area contributed by atoms with Crippen LogP contribution in [0.4, 0.5) is 15.8 Å². The van der Waals surface area contributed by atoms with Gasteiger partial charge in [0.2, 0.25) is 0 Å². The summed E-state index contributed by atoms with van der Waals surface area (Å²) in [5.74, 6) is -0.311. The predicted octanol–water partition coefficient (Wildman–Crippen LogP) is 3.18. The van der Waals surface area contributed by atoms with Crippen molar-refractivity contribution in [3.8, 4) is 0 Å². The standard InChI is InChI=1S/C13H19FN2/c1-2-16(10-6-3-4-7-10)12-9-5-8-11(14)13(12)15/h5,8-10H,2-4,6-7,15H2,1H3. The van der Waals surface area contributed by atoms with Gasteiger partial charge in [0.05, 0.1) is 11.4 Å². The van der Waals surface area contributed by atoms with Crippen molar-refractivity contribution in [1.82, 2.24) is 0 Å². The van der Waals surface area contributed by atoms with E-state index in [1.54, 1.807) is 6.07 Å². The van der Waals surface area contributed by atoms with Gasteiger partial charge in [-0.15, -0.1) is 0 Å². The minimum Gasteiger partial charge on any atom is -0.395 e. The monoisotopic (exact) mass is 222 g/mol. The molecule has 1 fully saturated rings. The molecular formula is C13H19FN2. The number of halogens is 1. The third-order valence-corrected chi connectivity index (χ3v) is 3.45. The lowest BCUT2D eigenvalue weighted by Crippen LogP contribution is -2.33. The van der Waals surface area contributed by atoms with Crippen LogP contribution >= 0.6 is 0 Å². The fraction of sp³-hybridized carbons (Fsp3) is 0.538. The average Bonchev–Trinajstić information content (AvgIpc) is 2.79. The second-order valence-electron chi connectivity index (χ2n) is 4.40. The van der Waals surface area contributed by atoms with Crippen LogP contribution in [-0.4, -0.2) is 12.6 Å². The summed E-state index contributed by atoms with van der Waals surface area (Å²) in [5, 5.41) is 0. The van der Waals surface area contributed by atoms with E-state index in [9.17, 15) is 4.39 Å². The minimum absolute atomic E-state index is 0.288. The molecule has 1 aromatic rings. The van der Waals surface area contributed by atoms with Crippen LogP contribution < -0.4 is 10.6 Å². The SMILES string of the molecule is CCN(c1cccc(F)c1N)C1CCCC1. The Labute approximate surface area is 96.2 Å². The summed E-state index contributed by atoms with van der Waals surface area (Å²) >= 11 is 0. The van der Waals surface area contributed by atoms with E-state index in [4.69, 9.17) is 5.73 Å². The van der Waals surface area contributed by atoms with Crippen LogP contribution in [-0.2, 0) is 0 Å². The smallest absolute Gasteiger partial charge is 0.148 e.